The summed E-state index contributed by atoms with van der Waals surface area (Å²) in [5.74, 6) is 2.07. The number of aryl methyl sites for hydroxylation is 1. The molecule has 0 unspecified atom stereocenters. The molecule has 0 saturated carbocycles. The molecule has 0 spiro atoms. The zero-order valence-corrected chi connectivity index (χ0v) is 19.3. The number of rotatable bonds is 5. The van der Waals surface area contributed by atoms with Crippen molar-refractivity contribution in [1.82, 2.24) is 14.5 Å². The lowest BCUT2D eigenvalue weighted by atomic mass is 9.93. The van der Waals surface area contributed by atoms with Crippen LogP contribution in [0.25, 0.3) is 27.7 Å². The molecular formula is C27H27FN4O. The van der Waals surface area contributed by atoms with E-state index in [4.69, 9.17) is 4.74 Å². The quantitative estimate of drug-likeness (QED) is 0.389. The second-order valence-corrected chi connectivity index (χ2v) is 8.95. The second-order valence-electron chi connectivity index (χ2n) is 8.95. The van der Waals surface area contributed by atoms with Crippen molar-refractivity contribution >= 4 is 22.3 Å². The minimum Gasteiger partial charge on any atom is -0.493 e. The highest BCUT2D eigenvalue weighted by Gasteiger charge is 2.30. The Morgan fingerprint density at radius 2 is 1.85 bits per heavy atom. The lowest BCUT2D eigenvalue weighted by molar-refractivity contribution is 0.271. The molecule has 0 N–H and O–H groups in total. The minimum atomic E-state index is -0.145. The number of anilines is 1. The summed E-state index contributed by atoms with van der Waals surface area (Å²) in [5, 5.41) is 0.971. The zero-order chi connectivity index (χ0) is 23.1. The van der Waals surface area contributed by atoms with Crippen LogP contribution in [0.4, 0.5) is 10.2 Å². The molecule has 1 aliphatic rings. The maximum absolute atomic E-state index is 15.5. The number of pyridine rings is 2. The summed E-state index contributed by atoms with van der Waals surface area (Å²) in [6.07, 6.45) is 5.40. The van der Waals surface area contributed by atoms with Crippen molar-refractivity contribution in [2.75, 3.05) is 25.1 Å². The third-order valence-corrected chi connectivity index (χ3v) is 6.00. The van der Waals surface area contributed by atoms with E-state index in [-0.39, 0.29) is 12.4 Å². The SMILES string of the molecule is CC(C)COc1ccc(C2=C(F)CN(C)c3c2c2cc(-c4cccnc4)ncc2n3C)cc1. The molecule has 0 radical (unpaired) electrons. The molecule has 33 heavy (non-hydrogen) atoms. The monoisotopic (exact) mass is 442 g/mol. The number of ether oxygens (including phenoxy) is 1. The van der Waals surface area contributed by atoms with Crippen LogP contribution in [-0.4, -0.2) is 34.7 Å². The van der Waals surface area contributed by atoms with Crippen molar-refractivity contribution in [2.24, 2.45) is 13.0 Å². The number of aromatic nitrogens is 3. The van der Waals surface area contributed by atoms with E-state index in [2.05, 4.69) is 28.4 Å². The highest BCUT2D eigenvalue weighted by molar-refractivity contribution is 6.05. The molecule has 3 aromatic heterocycles. The van der Waals surface area contributed by atoms with E-state index < -0.39 is 0 Å². The fourth-order valence-electron chi connectivity index (χ4n) is 4.46. The number of hydrogen-bond donors (Lipinski definition) is 0. The lowest BCUT2D eigenvalue weighted by Gasteiger charge is -2.28. The van der Waals surface area contributed by atoms with Gasteiger partial charge in [0, 0.05) is 48.6 Å². The Hall–Kier alpha value is -3.67. The van der Waals surface area contributed by atoms with E-state index >= 15 is 4.39 Å². The molecule has 5 rings (SSSR count). The van der Waals surface area contributed by atoms with E-state index in [1.54, 1.807) is 12.4 Å². The molecule has 168 valence electrons. The van der Waals surface area contributed by atoms with Crippen LogP contribution in [0.2, 0.25) is 0 Å². The summed E-state index contributed by atoms with van der Waals surface area (Å²) < 4.78 is 23.5. The lowest BCUT2D eigenvalue weighted by Crippen LogP contribution is -2.26. The van der Waals surface area contributed by atoms with E-state index in [1.807, 2.05) is 67.7 Å². The smallest absolute Gasteiger partial charge is 0.128 e. The Labute approximate surface area is 193 Å². The molecule has 1 aromatic carbocycles. The summed E-state index contributed by atoms with van der Waals surface area (Å²) in [7, 11) is 3.93. The van der Waals surface area contributed by atoms with Crippen molar-refractivity contribution < 1.29 is 9.13 Å². The highest BCUT2D eigenvalue weighted by Crippen LogP contribution is 2.45. The number of likely N-dealkylation sites (N-methyl/N-ethyl adjacent to an activating group) is 1. The molecule has 5 nitrogen and oxygen atoms in total. The van der Waals surface area contributed by atoms with Crippen LogP contribution >= 0.6 is 0 Å². The molecule has 0 bridgehead atoms. The van der Waals surface area contributed by atoms with Gasteiger partial charge in [-0.2, -0.15) is 0 Å². The fraction of sp³-hybridized carbons (Fsp3) is 0.259. The largest absolute Gasteiger partial charge is 0.493 e. The molecule has 0 amide bonds. The molecule has 4 heterocycles. The third kappa shape index (κ3) is 3.75. The average molecular weight is 443 g/mol. The van der Waals surface area contributed by atoms with Gasteiger partial charge in [-0.15, -0.1) is 0 Å². The van der Waals surface area contributed by atoms with Gasteiger partial charge in [-0.3, -0.25) is 9.97 Å². The number of halogens is 1. The van der Waals surface area contributed by atoms with Crippen molar-refractivity contribution in [1.29, 1.82) is 0 Å². The average Bonchev–Trinajstić information content (AvgIpc) is 3.11. The van der Waals surface area contributed by atoms with Gasteiger partial charge in [0.25, 0.3) is 0 Å². The summed E-state index contributed by atoms with van der Waals surface area (Å²) in [5.41, 5.74) is 5.07. The van der Waals surface area contributed by atoms with Crippen molar-refractivity contribution in [3.05, 3.63) is 78.0 Å². The van der Waals surface area contributed by atoms with E-state index in [9.17, 15) is 0 Å². The van der Waals surface area contributed by atoms with Gasteiger partial charge in [0.1, 0.15) is 17.4 Å². The Balaban J connectivity index is 1.66. The summed E-state index contributed by atoms with van der Waals surface area (Å²) in [4.78, 5) is 10.8. The van der Waals surface area contributed by atoms with E-state index in [0.29, 0.717) is 18.1 Å². The Morgan fingerprint density at radius 1 is 1.06 bits per heavy atom. The molecule has 6 heteroatoms. The van der Waals surface area contributed by atoms with Gasteiger partial charge in [-0.1, -0.05) is 26.0 Å². The van der Waals surface area contributed by atoms with Gasteiger partial charge in [-0.25, -0.2) is 4.39 Å². The maximum atomic E-state index is 15.5. The number of nitrogens with zero attached hydrogens (tertiary/aromatic N) is 4. The number of hydrogen-bond acceptors (Lipinski definition) is 4. The van der Waals surface area contributed by atoms with Crippen LogP contribution in [0.1, 0.15) is 25.0 Å². The van der Waals surface area contributed by atoms with Gasteiger partial charge in [-0.05, 0) is 41.8 Å². The van der Waals surface area contributed by atoms with E-state index in [1.165, 1.54) is 0 Å². The Bertz CT molecular complexity index is 1340. The van der Waals surface area contributed by atoms with Crippen LogP contribution in [-0.2, 0) is 7.05 Å². The van der Waals surface area contributed by atoms with Crippen molar-refractivity contribution in [3.63, 3.8) is 0 Å². The number of benzene rings is 1. The Morgan fingerprint density at radius 3 is 2.55 bits per heavy atom. The van der Waals surface area contributed by atoms with Gasteiger partial charge in [0.15, 0.2) is 0 Å². The van der Waals surface area contributed by atoms with Crippen molar-refractivity contribution in [2.45, 2.75) is 13.8 Å². The summed E-state index contributed by atoms with van der Waals surface area (Å²) in [6, 6.07) is 13.6. The predicted octanol–water partition coefficient (Wildman–Crippen LogP) is 5.85. The van der Waals surface area contributed by atoms with Gasteiger partial charge in [0.05, 0.1) is 30.6 Å². The first-order chi connectivity index (χ1) is 15.9. The standard InChI is InChI=1S/C27H27FN4O/c1-17(2)16-33-20-9-7-18(8-10-20)25-22(28)15-31(3)27-26(25)21-12-23(19-6-5-11-29-13-19)30-14-24(21)32(27)4/h5-14,17H,15-16H2,1-4H3. The van der Waals surface area contributed by atoms with Crippen LogP contribution in [0.5, 0.6) is 5.75 Å². The first-order valence-electron chi connectivity index (χ1n) is 11.2. The van der Waals surface area contributed by atoms with Gasteiger partial charge < -0.3 is 14.2 Å². The highest BCUT2D eigenvalue weighted by atomic mass is 19.1. The molecule has 0 aliphatic carbocycles. The van der Waals surface area contributed by atoms with Crippen LogP contribution in [0.15, 0.2) is 66.9 Å². The predicted molar refractivity (Wildman–Crippen MR) is 131 cm³/mol. The number of fused-ring (bicyclic) bond motifs is 3. The normalized spacial score (nSPS) is 13.7. The Kier molecular flexibility index (Phi) is 5.36. The van der Waals surface area contributed by atoms with Crippen LogP contribution < -0.4 is 9.64 Å². The molecule has 4 aromatic rings. The molecule has 0 saturated heterocycles. The third-order valence-electron chi connectivity index (χ3n) is 6.00. The summed E-state index contributed by atoms with van der Waals surface area (Å²) in [6.45, 7) is 5.10. The minimum absolute atomic E-state index is 0.145. The topological polar surface area (TPSA) is 43.2 Å². The van der Waals surface area contributed by atoms with Crippen LogP contribution in [0.3, 0.4) is 0 Å². The first kappa shape index (κ1) is 21.2. The molecule has 1 aliphatic heterocycles. The first-order valence-corrected chi connectivity index (χ1v) is 11.2. The van der Waals surface area contributed by atoms with Gasteiger partial charge in [0.2, 0.25) is 0 Å². The van der Waals surface area contributed by atoms with E-state index in [0.717, 1.165) is 44.9 Å². The second kappa shape index (κ2) is 8.35. The fourth-order valence-corrected chi connectivity index (χ4v) is 4.46. The summed E-state index contributed by atoms with van der Waals surface area (Å²) >= 11 is 0. The molecule has 0 atom stereocenters. The van der Waals surface area contributed by atoms with Gasteiger partial charge >= 0.3 is 0 Å². The van der Waals surface area contributed by atoms with Crippen LogP contribution in [0, 0.1) is 5.92 Å². The molecule has 0 fully saturated rings. The molecular weight excluding hydrogens is 415 g/mol. The maximum Gasteiger partial charge on any atom is 0.128 e. The zero-order valence-electron chi connectivity index (χ0n) is 19.3. The van der Waals surface area contributed by atoms with Crippen molar-refractivity contribution in [3.8, 4) is 17.0 Å².